The predicted octanol–water partition coefficient (Wildman–Crippen LogP) is 3.93. The number of rotatable bonds is 7. The van der Waals surface area contributed by atoms with Gasteiger partial charge < -0.3 is 10.1 Å². The monoisotopic (exact) mass is 408 g/mol. The van der Waals surface area contributed by atoms with Gasteiger partial charge in [0.25, 0.3) is 5.91 Å². The Morgan fingerprint density at radius 2 is 2.11 bits per heavy atom. The van der Waals surface area contributed by atoms with Gasteiger partial charge in [0.05, 0.1) is 5.02 Å². The van der Waals surface area contributed by atoms with E-state index in [4.69, 9.17) is 16.3 Å². The van der Waals surface area contributed by atoms with Crippen LogP contribution < -0.4 is 10.1 Å². The lowest BCUT2D eigenvalue weighted by Gasteiger charge is -2.70. The molecule has 1 aromatic heterocycles. The fourth-order valence-corrected chi connectivity index (χ4v) is 5.08. The molecule has 142 valence electrons. The number of aromatic nitrogens is 1. The van der Waals surface area contributed by atoms with Crippen LogP contribution in [0.3, 0.4) is 0 Å². The minimum absolute atomic E-state index is 0.00407. The lowest BCUT2D eigenvalue weighted by atomic mass is 9.38. The number of aryl methyl sites for hydroxylation is 1. The van der Waals surface area contributed by atoms with Gasteiger partial charge in [0.2, 0.25) is 0 Å². The summed E-state index contributed by atoms with van der Waals surface area (Å²) in [5, 5.41) is 3.57. The fourth-order valence-electron chi connectivity index (χ4n) is 4.27. The number of ether oxygens (including phenoxy) is 1. The topological polar surface area (TPSA) is 68.3 Å². The SMILES string of the molecule is Cc1cnc(C(=O)CC23CC(NC(=O)COc4ccc(Cl)c(F)c4)(C2)C3)s1. The van der Waals surface area contributed by atoms with Crippen LogP contribution in [0.25, 0.3) is 0 Å². The van der Waals surface area contributed by atoms with Crippen LogP contribution in [0.5, 0.6) is 5.75 Å². The van der Waals surface area contributed by atoms with Gasteiger partial charge in [-0.25, -0.2) is 9.37 Å². The quantitative estimate of drug-likeness (QED) is 0.705. The standard InChI is InChI=1S/C19H18ClFN2O3S/c1-11-6-22-17(27-11)15(24)5-18-8-19(9-18,10-18)23-16(25)7-26-12-2-3-13(20)14(21)4-12/h2-4,6H,5,7-10H2,1H3,(H,23,25). The fraction of sp³-hybridized carbons (Fsp3) is 0.421. The zero-order valence-corrected chi connectivity index (χ0v) is 16.3. The predicted molar refractivity (Wildman–Crippen MR) is 99.9 cm³/mol. The van der Waals surface area contributed by atoms with Gasteiger partial charge in [-0.05, 0) is 43.7 Å². The van der Waals surface area contributed by atoms with Crippen LogP contribution in [-0.2, 0) is 4.79 Å². The summed E-state index contributed by atoms with van der Waals surface area (Å²) in [6.07, 6.45) is 4.61. The summed E-state index contributed by atoms with van der Waals surface area (Å²) in [5.74, 6) is -0.497. The molecule has 3 saturated carbocycles. The maximum Gasteiger partial charge on any atom is 0.258 e. The van der Waals surface area contributed by atoms with Gasteiger partial charge >= 0.3 is 0 Å². The van der Waals surface area contributed by atoms with Crippen LogP contribution >= 0.6 is 22.9 Å². The van der Waals surface area contributed by atoms with Gasteiger partial charge in [0.15, 0.2) is 17.4 Å². The minimum atomic E-state index is -0.587. The van der Waals surface area contributed by atoms with E-state index >= 15 is 0 Å². The number of halogens is 2. The molecule has 1 aromatic carbocycles. The molecule has 1 amide bonds. The highest BCUT2D eigenvalue weighted by Gasteiger charge is 2.68. The van der Waals surface area contributed by atoms with Crippen LogP contribution in [0, 0.1) is 18.2 Å². The Kier molecular flexibility index (Phi) is 4.47. The number of Topliss-reactive ketones (excluding diaryl/α,β-unsaturated/α-hetero) is 1. The number of nitrogens with one attached hydrogen (secondary N) is 1. The zero-order valence-electron chi connectivity index (χ0n) is 14.7. The normalized spacial score (nSPS) is 25.3. The number of carbonyl (C=O) groups excluding carboxylic acids is 2. The van der Waals surface area contributed by atoms with E-state index in [1.807, 2.05) is 6.92 Å². The summed E-state index contributed by atoms with van der Waals surface area (Å²) in [4.78, 5) is 29.6. The Hall–Kier alpha value is -1.99. The molecule has 0 spiro atoms. The van der Waals surface area contributed by atoms with Crippen molar-refractivity contribution < 1.29 is 18.7 Å². The molecule has 0 aliphatic heterocycles. The number of ketones is 1. The summed E-state index contributed by atoms with van der Waals surface area (Å²) in [6.45, 7) is 1.74. The van der Waals surface area contributed by atoms with Crippen LogP contribution in [0.2, 0.25) is 5.02 Å². The lowest BCUT2D eigenvalue weighted by Crippen LogP contribution is -2.75. The number of hydrogen-bond acceptors (Lipinski definition) is 5. The van der Waals surface area contributed by atoms with Gasteiger partial charge in [-0.2, -0.15) is 0 Å². The van der Waals surface area contributed by atoms with Crippen molar-refractivity contribution in [3.8, 4) is 5.75 Å². The number of benzene rings is 1. The third kappa shape index (κ3) is 3.58. The highest BCUT2D eigenvalue weighted by molar-refractivity contribution is 7.13. The Morgan fingerprint density at radius 1 is 1.37 bits per heavy atom. The van der Waals surface area contributed by atoms with Gasteiger partial charge in [-0.1, -0.05) is 11.6 Å². The Bertz CT molecular complexity index is 910. The largest absolute Gasteiger partial charge is 0.484 e. The van der Waals surface area contributed by atoms with E-state index in [-0.39, 0.29) is 40.0 Å². The molecule has 3 fully saturated rings. The van der Waals surface area contributed by atoms with Crippen molar-refractivity contribution in [2.45, 2.75) is 38.1 Å². The summed E-state index contributed by atoms with van der Waals surface area (Å²) in [5.41, 5.74) is -0.213. The lowest BCUT2D eigenvalue weighted by molar-refractivity contribution is -0.164. The molecular formula is C19H18ClFN2O3S. The van der Waals surface area contributed by atoms with Crippen LogP contribution in [0.4, 0.5) is 4.39 Å². The first-order chi connectivity index (χ1) is 12.8. The maximum atomic E-state index is 13.4. The molecule has 27 heavy (non-hydrogen) atoms. The Balaban J connectivity index is 1.23. The van der Waals surface area contributed by atoms with Gasteiger partial charge in [-0.15, -0.1) is 11.3 Å². The first kappa shape index (κ1) is 18.4. The van der Waals surface area contributed by atoms with E-state index in [2.05, 4.69) is 10.3 Å². The average molecular weight is 409 g/mol. The van der Waals surface area contributed by atoms with E-state index in [1.165, 1.54) is 23.5 Å². The van der Waals surface area contributed by atoms with E-state index in [0.29, 0.717) is 11.4 Å². The van der Waals surface area contributed by atoms with Gasteiger partial charge in [-0.3, -0.25) is 9.59 Å². The molecule has 0 saturated heterocycles. The first-order valence-corrected chi connectivity index (χ1v) is 9.82. The molecule has 1 N–H and O–H groups in total. The first-order valence-electron chi connectivity index (χ1n) is 8.63. The molecule has 0 unspecified atom stereocenters. The van der Waals surface area contributed by atoms with E-state index in [0.717, 1.165) is 30.2 Å². The molecule has 1 heterocycles. The highest BCUT2D eigenvalue weighted by Crippen LogP contribution is 2.69. The molecule has 0 atom stereocenters. The van der Waals surface area contributed by atoms with E-state index in [9.17, 15) is 14.0 Å². The van der Waals surface area contributed by atoms with Crippen molar-refractivity contribution in [2.75, 3.05) is 6.61 Å². The Morgan fingerprint density at radius 3 is 2.74 bits per heavy atom. The van der Waals surface area contributed by atoms with Gasteiger partial charge in [0, 0.05) is 29.1 Å². The number of amides is 1. The third-order valence-corrected chi connectivity index (χ3v) is 6.46. The second-order valence-corrected chi connectivity index (χ2v) is 9.24. The van der Waals surface area contributed by atoms with Crippen molar-refractivity contribution in [3.05, 3.63) is 45.1 Å². The van der Waals surface area contributed by atoms with Crippen LogP contribution in [-0.4, -0.2) is 28.8 Å². The van der Waals surface area contributed by atoms with Crippen molar-refractivity contribution in [1.29, 1.82) is 0 Å². The smallest absolute Gasteiger partial charge is 0.258 e. The molecule has 0 radical (unpaired) electrons. The molecule has 3 aliphatic rings. The molecule has 5 nitrogen and oxygen atoms in total. The van der Waals surface area contributed by atoms with E-state index in [1.54, 1.807) is 6.20 Å². The summed E-state index contributed by atoms with van der Waals surface area (Å²) in [7, 11) is 0. The van der Waals surface area contributed by atoms with E-state index < -0.39 is 5.82 Å². The average Bonchev–Trinajstić information content (AvgIpc) is 2.99. The summed E-state index contributed by atoms with van der Waals surface area (Å²) in [6, 6.07) is 4.05. The van der Waals surface area contributed by atoms with Crippen LogP contribution in [0.1, 0.15) is 40.4 Å². The number of carbonyl (C=O) groups is 2. The Labute approximate surface area is 164 Å². The van der Waals surface area contributed by atoms with Gasteiger partial charge in [0.1, 0.15) is 11.6 Å². The second kappa shape index (κ2) is 6.56. The highest BCUT2D eigenvalue weighted by atomic mass is 35.5. The number of nitrogens with zero attached hydrogens (tertiary/aromatic N) is 1. The van der Waals surface area contributed by atoms with Crippen LogP contribution in [0.15, 0.2) is 24.4 Å². The summed E-state index contributed by atoms with van der Waals surface area (Å²) < 4.78 is 18.7. The van der Waals surface area contributed by atoms with Crippen molar-refractivity contribution >= 4 is 34.6 Å². The molecule has 2 aromatic rings. The summed E-state index contributed by atoms with van der Waals surface area (Å²) >= 11 is 7.04. The molecule has 8 heteroatoms. The van der Waals surface area contributed by atoms with Crippen molar-refractivity contribution in [2.24, 2.45) is 5.41 Å². The van der Waals surface area contributed by atoms with Crippen molar-refractivity contribution in [1.82, 2.24) is 10.3 Å². The molecule has 2 bridgehead atoms. The molecular weight excluding hydrogens is 391 g/mol. The second-order valence-electron chi connectivity index (χ2n) is 7.60. The number of thiazole rings is 1. The third-order valence-electron chi connectivity index (χ3n) is 5.20. The van der Waals surface area contributed by atoms with Crippen molar-refractivity contribution in [3.63, 3.8) is 0 Å². The number of hydrogen-bond donors (Lipinski definition) is 1. The molecule has 5 rings (SSSR count). The maximum absolute atomic E-state index is 13.4. The minimum Gasteiger partial charge on any atom is -0.484 e. The zero-order chi connectivity index (χ0) is 19.2. The molecule has 3 aliphatic carbocycles.